The molecule has 0 rings (SSSR count). The minimum atomic E-state index is 0.650. The van der Waals surface area contributed by atoms with Gasteiger partial charge in [-0.15, -0.1) is 0 Å². The summed E-state index contributed by atoms with van der Waals surface area (Å²) in [4.78, 5) is 2.37. The molecular weight excluding hydrogens is 180 g/mol. The van der Waals surface area contributed by atoms with Crippen molar-refractivity contribution < 1.29 is 0 Å². The molecule has 0 bridgehead atoms. The Hall–Kier alpha value is -0.200. The summed E-state index contributed by atoms with van der Waals surface area (Å²) in [5.41, 5.74) is 0. The van der Waals surface area contributed by atoms with Crippen LogP contribution in [0.5, 0.6) is 0 Å². The SMILES string of the molecule is CSCC(C)N(C)CCCCC#N. The molecule has 0 spiro atoms. The molecule has 0 aliphatic carbocycles. The molecule has 1 unspecified atom stereocenters. The van der Waals surface area contributed by atoms with Crippen LogP contribution in [0, 0.1) is 11.3 Å². The Morgan fingerprint density at radius 1 is 1.46 bits per heavy atom. The van der Waals surface area contributed by atoms with Crippen LogP contribution in [0.4, 0.5) is 0 Å². The van der Waals surface area contributed by atoms with Gasteiger partial charge >= 0.3 is 0 Å². The minimum Gasteiger partial charge on any atom is -0.303 e. The van der Waals surface area contributed by atoms with E-state index in [1.165, 1.54) is 5.75 Å². The van der Waals surface area contributed by atoms with Crippen LogP contribution in [0.3, 0.4) is 0 Å². The molecular formula is C10H20N2S. The third kappa shape index (κ3) is 6.92. The van der Waals surface area contributed by atoms with Crippen LogP contribution in [0.2, 0.25) is 0 Å². The number of unbranched alkanes of at least 4 members (excludes halogenated alkanes) is 2. The van der Waals surface area contributed by atoms with Crippen molar-refractivity contribution in [3.8, 4) is 6.07 Å². The largest absolute Gasteiger partial charge is 0.303 e. The highest BCUT2D eigenvalue weighted by Crippen LogP contribution is 2.05. The second-order valence-corrected chi connectivity index (χ2v) is 4.31. The van der Waals surface area contributed by atoms with Gasteiger partial charge in [0.15, 0.2) is 0 Å². The Bertz CT molecular complexity index is 153. The lowest BCUT2D eigenvalue weighted by Crippen LogP contribution is -2.31. The molecule has 0 aliphatic rings. The van der Waals surface area contributed by atoms with Gasteiger partial charge in [0.1, 0.15) is 0 Å². The van der Waals surface area contributed by atoms with Crippen molar-refractivity contribution in [3.63, 3.8) is 0 Å². The average molecular weight is 200 g/mol. The van der Waals surface area contributed by atoms with Crippen molar-refractivity contribution in [3.05, 3.63) is 0 Å². The van der Waals surface area contributed by atoms with Gasteiger partial charge in [0.05, 0.1) is 6.07 Å². The van der Waals surface area contributed by atoms with Crippen molar-refractivity contribution >= 4 is 11.8 Å². The third-order valence-electron chi connectivity index (χ3n) is 2.21. The van der Waals surface area contributed by atoms with Crippen molar-refractivity contribution in [1.82, 2.24) is 4.90 Å². The summed E-state index contributed by atoms with van der Waals surface area (Å²) >= 11 is 1.89. The molecule has 76 valence electrons. The first-order valence-electron chi connectivity index (χ1n) is 4.78. The first kappa shape index (κ1) is 12.8. The van der Waals surface area contributed by atoms with E-state index in [1.807, 2.05) is 11.8 Å². The molecule has 1 atom stereocenters. The number of nitrogens with zero attached hydrogens (tertiary/aromatic N) is 2. The fraction of sp³-hybridized carbons (Fsp3) is 0.900. The normalized spacial score (nSPS) is 12.8. The highest BCUT2D eigenvalue weighted by atomic mass is 32.2. The van der Waals surface area contributed by atoms with Crippen molar-refractivity contribution in [2.75, 3.05) is 25.6 Å². The van der Waals surface area contributed by atoms with E-state index >= 15 is 0 Å². The number of thioether (sulfide) groups is 1. The van der Waals surface area contributed by atoms with Crippen molar-refractivity contribution in [2.45, 2.75) is 32.2 Å². The maximum Gasteiger partial charge on any atom is 0.0621 e. The molecule has 3 heteroatoms. The third-order valence-corrected chi connectivity index (χ3v) is 3.03. The Labute approximate surface area is 86.3 Å². The highest BCUT2D eigenvalue weighted by molar-refractivity contribution is 7.98. The van der Waals surface area contributed by atoms with Crippen molar-refractivity contribution in [1.29, 1.82) is 5.26 Å². The molecule has 0 aromatic rings. The maximum atomic E-state index is 8.36. The van der Waals surface area contributed by atoms with Crippen LogP contribution >= 0.6 is 11.8 Å². The van der Waals surface area contributed by atoms with Gasteiger partial charge in [-0.25, -0.2) is 0 Å². The number of rotatable bonds is 7. The maximum absolute atomic E-state index is 8.36. The summed E-state index contributed by atoms with van der Waals surface area (Å²) in [7, 11) is 2.16. The Morgan fingerprint density at radius 3 is 2.69 bits per heavy atom. The Balaban J connectivity index is 3.39. The average Bonchev–Trinajstić information content (AvgIpc) is 2.12. The summed E-state index contributed by atoms with van der Waals surface area (Å²) in [6.07, 6.45) is 5.01. The first-order chi connectivity index (χ1) is 6.22. The van der Waals surface area contributed by atoms with Gasteiger partial charge in [-0.2, -0.15) is 17.0 Å². The van der Waals surface area contributed by atoms with Crippen LogP contribution in [0.25, 0.3) is 0 Å². The van der Waals surface area contributed by atoms with E-state index in [-0.39, 0.29) is 0 Å². The monoisotopic (exact) mass is 200 g/mol. The topological polar surface area (TPSA) is 27.0 Å². The van der Waals surface area contributed by atoms with Crippen LogP contribution in [0.15, 0.2) is 0 Å². The fourth-order valence-electron chi connectivity index (χ4n) is 1.15. The molecule has 0 N–H and O–H groups in total. The van der Waals surface area contributed by atoms with Gasteiger partial charge in [-0.3, -0.25) is 0 Å². The number of nitriles is 1. The molecule has 0 radical (unpaired) electrons. The van der Waals surface area contributed by atoms with E-state index in [0.29, 0.717) is 12.5 Å². The predicted molar refractivity (Wildman–Crippen MR) is 59.9 cm³/mol. The molecule has 0 heterocycles. The molecule has 0 saturated carbocycles. The molecule has 0 aliphatic heterocycles. The summed E-state index contributed by atoms with van der Waals surface area (Å²) in [6, 6.07) is 2.82. The number of hydrogen-bond donors (Lipinski definition) is 0. The molecule has 13 heavy (non-hydrogen) atoms. The van der Waals surface area contributed by atoms with Gasteiger partial charge in [0.25, 0.3) is 0 Å². The smallest absolute Gasteiger partial charge is 0.0621 e. The van der Waals surface area contributed by atoms with E-state index < -0.39 is 0 Å². The molecule has 0 amide bonds. The number of hydrogen-bond acceptors (Lipinski definition) is 3. The van der Waals surface area contributed by atoms with Gasteiger partial charge < -0.3 is 4.90 Å². The molecule has 0 aromatic heterocycles. The second kappa shape index (κ2) is 8.40. The van der Waals surface area contributed by atoms with Crippen molar-refractivity contribution in [2.24, 2.45) is 0 Å². The zero-order valence-electron chi connectivity index (χ0n) is 8.92. The predicted octanol–water partition coefficient (Wildman–Crippen LogP) is 2.36. The lowest BCUT2D eigenvalue weighted by molar-refractivity contribution is 0.272. The summed E-state index contributed by atoms with van der Waals surface area (Å²) in [5.74, 6) is 1.19. The van der Waals surface area contributed by atoms with Gasteiger partial charge in [-0.05, 0) is 39.6 Å². The zero-order chi connectivity index (χ0) is 10.1. The highest BCUT2D eigenvalue weighted by Gasteiger charge is 2.06. The Morgan fingerprint density at radius 2 is 2.15 bits per heavy atom. The van der Waals surface area contributed by atoms with E-state index in [9.17, 15) is 0 Å². The zero-order valence-corrected chi connectivity index (χ0v) is 9.73. The van der Waals surface area contributed by atoms with E-state index in [0.717, 1.165) is 19.4 Å². The van der Waals surface area contributed by atoms with Gasteiger partial charge in [0.2, 0.25) is 0 Å². The lowest BCUT2D eigenvalue weighted by atomic mass is 10.2. The van der Waals surface area contributed by atoms with E-state index in [1.54, 1.807) is 0 Å². The standard InChI is InChI=1S/C10H20N2S/c1-10(9-13-3)12(2)8-6-4-5-7-11/h10H,4-6,8-9H2,1-3H3. The fourth-order valence-corrected chi connectivity index (χ4v) is 1.89. The van der Waals surface area contributed by atoms with Gasteiger partial charge in [0, 0.05) is 18.2 Å². The summed E-state index contributed by atoms with van der Waals surface area (Å²) in [6.45, 7) is 3.37. The van der Waals surface area contributed by atoms with Crippen LogP contribution < -0.4 is 0 Å². The van der Waals surface area contributed by atoms with E-state index in [4.69, 9.17) is 5.26 Å². The lowest BCUT2D eigenvalue weighted by Gasteiger charge is -2.23. The summed E-state index contributed by atoms with van der Waals surface area (Å²) in [5, 5.41) is 8.36. The molecule has 0 saturated heterocycles. The summed E-state index contributed by atoms with van der Waals surface area (Å²) < 4.78 is 0. The molecule has 2 nitrogen and oxygen atoms in total. The van der Waals surface area contributed by atoms with Crippen LogP contribution in [0.1, 0.15) is 26.2 Å². The van der Waals surface area contributed by atoms with Crippen LogP contribution in [-0.4, -0.2) is 36.5 Å². The first-order valence-corrected chi connectivity index (χ1v) is 6.18. The minimum absolute atomic E-state index is 0.650. The van der Waals surface area contributed by atoms with Crippen LogP contribution in [-0.2, 0) is 0 Å². The van der Waals surface area contributed by atoms with E-state index in [2.05, 4.69) is 31.2 Å². The Kier molecular flexibility index (Phi) is 8.27. The van der Waals surface area contributed by atoms with Gasteiger partial charge in [-0.1, -0.05) is 0 Å². The molecule has 0 aromatic carbocycles. The quantitative estimate of drug-likeness (QED) is 0.590. The second-order valence-electron chi connectivity index (χ2n) is 3.40. The molecule has 0 fully saturated rings.